The number of benzene rings is 2. The predicted molar refractivity (Wildman–Crippen MR) is 77.9 cm³/mol. The van der Waals surface area contributed by atoms with E-state index in [2.05, 4.69) is 5.32 Å². The Morgan fingerprint density at radius 2 is 2.15 bits per heavy atom. The molecule has 0 fully saturated rings. The fourth-order valence-electron chi connectivity index (χ4n) is 2.14. The van der Waals surface area contributed by atoms with Gasteiger partial charge in [0.1, 0.15) is 5.75 Å². The normalized spacial score (nSPS) is 12.3. The fourth-order valence-corrected chi connectivity index (χ4v) is 2.31. The van der Waals surface area contributed by atoms with Gasteiger partial charge in [-0.1, -0.05) is 23.7 Å². The Balaban J connectivity index is 1.80. The van der Waals surface area contributed by atoms with Crippen molar-refractivity contribution in [3.05, 3.63) is 47.0 Å². The summed E-state index contributed by atoms with van der Waals surface area (Å²) in [7, 11) is 1.63. The summed E-state index contributed by atoms with van der Waals surface area (Å²) in [5.74, 6) is 2.32. The van der Waals surface area contributed by atoms with Gasteiger partial charge in [0.05, 0.1) is 12.8 Å². The van der Waals surface area contributed by atoms with Gasteiger partial charge in [0.25, 0.3) is 0 Å². The molecule has 2 aromatic rings. The second-order valence-electron chi connectivity index (χ2n) is 4.35. The lowest BCUT2D eigenvalue weighted by Gasteiger charge is -2.12. The van der Waals surface area contributed by atoms with E-state index in [-0.39, 0.29) is 6.79 Å². The zero-order chi connectivity index (χ0) is 13.9. The molecular formula is C15H14ClNO3. The molecular weight excluding hydrogens is 278 g/mol. The van der Waals surface area contributed by atoms with Crippen LogP contribution in [0.25, 0.3) is 0 Å². The Bertz CT molecular complexity index is 629. The molecule has 1 aliphatic rings. The smallest absolute Gasteiger partial charge is 0.231 e. The minimum atomic E-state index is 0.271. The Morgan fingerprint density at radius 1 is 1.25 bits per heavy atom. The Hall–Kier alpha value is -2.07. The minimum Gasteiger partial charge on any atom is -0.495 e. The summed E-state index contributed by atoms with van der Waals surface area (Å²) in [6.45, 7) is 0.871. The number of anilines is 1. The molecule has 0 saturated heterocycles. The van der Waals surface area contributed by atoms with E-state index in [1.165, 1.54) is 0 Å². The van der Waals surface area contributed by atoms with Gasteiger partial charge in [0, 0.05) is 17.1 Å². The molecule has 0 aliphatic carbocycles. The van der Waals surface area contributed by atoms with Crippen LogP contribution >= 0.6 is 11.6 Å². The summed E-state index contributed by atoms with van der Waals surface area (Å²) >= 11 is 6.01. The Labute approximate surface area is 122 Å². The lowest BCUT2D eigenvalue weighted by molar-refractivity contribution is 0.173. The number of nitrogens with one attached hydrogen (secondary N) is 1. The van der Waals surface area contributed by atoms with Crippen LogP contribution in [0.15, 0.2) is 36.4 Å². The first kappa shape index (κ1) is 12.9. The van der Waals surface area contributed by atoms with Crippen molar-refractivity contribution in [2.75, 3.05) is 19.2 Å². The quantitative estimate of drug-likeness (QED) is 0.932. The fraction of sp³-hybridized carbons (Fsp3) is 0.200. The van der Waals surface area contributed by atoms with Crippen LogP contribution in [-0.4, -0.2) is 13.9 Å². The van der Waals surface area contributed by atoms with Crippen molar-refractivity contribution in [3.63, 3.8) is 0 Å². The number of methoxy groups -OCH3 is 1. The van der Waals surface area contributed by atoms with Gasteiger partial charge in [-0.3, -0.25) is 0 Å². The van der Waals surface area contributed by atoms with Gasteiger partial charge in [-0.25, -0.2) is 0 Å². The summed E-state index contributed by atoms with van der Waals surface area (Å²) in [5.41, 5.74) is 1.87. The topological polar surface area (TPSA) is 39.7 Å². The van der Waals surface area contributed by atoms with Gasteiger partial charge in [-0.15, -0.1) is 0 Å². The highest BCUT2D eigenvalue weighted by molar-refractivity contribution is 6.30. The third-order valence-corrected chi connectivity index (χ3v) is 3.34. The van der Waals surface area contributed by atoms with Crippen molar-refractivity contribution in [1.82, 2.24) is 0 Å². The summed E-state index contributed by atoms with van der Waals surface area (Å²) in [4.78, 5) is 0. The molecule has 0 aromatic heterocycles. The van der Waals surface area contributed by atoms with Gasteiger partial charge < -0.3 is 19.5 Å². The maximum absolute atomic E-state index is 6.01. The second-order valence-corrected chi connectivity index (χ2v) is 4.79. The molecule has 4 nitrogen and oxygen atoms in total. The van der Waals surface area contributed by atoms with E-state index in [4.69, 9.17) is 25.8 Å². The molecule has 1 heterocycles. The maximum atomic E-state index is 6.01. The van der Waals surface area contributed by atoms with E-state index >= 15 is 0 Å². The summed E-state index contributed by atoms with van der Waals surface area (Å²) in [6, 6.07) is 11.3. The molecule has 5 heteroatoms. The van der Waals surface area contributed by atoms with Crippen molar-refractivity contribution in [1.29, 1.82) is 0 Å². The minimum absolute atomic E-state index is 0.271. The van der Waals surface area contributed by atoms with E-state index in [0.29, 0.717) is 11.6 Å². The van der Waals surface area contributed by atoms with Gasteiger partial charge in [0.15, 0.2) is 11.5 Å². The SMILES string of the molecule is COc1ccc(Cl)cc1NCc1cccc2c1OCO2. The highest BCUT2D eigenvalue weighted by atomic mass is 35.5. The first-order chi connectivity index (χ1) is 9.78. The van der Waals surface area contributed by atoms with Crippen LogP contribution in [0.3, 0.4) is 0 Å². The molecule has 0 atom stereocenters. The molecule has 0 radical (unpaired) electrons. The molecule has 3 rings (SSSR count). The van der Waals surface area contributed by atoms with Gasteiger partial charge in [-0.2, -0.15) is 0 Å². The highest BCUT2D eigenvalue weighted by Gasteiger charge is 2.17. The predicted octanol–water partition coefficient (Wildman–Crippen LogP) is 3.69. The van der Waals surface area contributed by atoms with Crippen molar-refractivity contribution in [2.45, 2.75) is 6.54 Å². The standard InChI is InChI=1S/C15H14ClNO3/c1-18-13-6-5-11(16)7-12(13)17-8-10-3-2-4-14-15(10)20-9-19-14/h2-7,17H,8-9H2,1H3. The van der Waals surface area contributed by atoms with Crippen molar-refractivity contribution < 1.29 is 14.2 Å². The summed E-state index contributed by atoms with van der Waals surface area (Å²) < 4.78 is 16.1. The van der Waals surface area contributed by atoms with Gasteiger partial charge >= 0.3 is 0 Å². The van der Waals surface area contributed by atoms with Gasteiger partial charge in [0.2, 0.25) is 6.79 Å². The number of rotatable bonds is 4. The molecule has 0 amide bonds. The lowest BCUT2D eigenvalue weighted by Crippen LogP contribution is -2.02. The van der Waals surface area contributed by atoms with E-state index in [0.717, 1.165) is 28.5 Å². The van der Waals surface area contributed by atoms with Crippen LogP contribution in [0.4, 0.5) is 5.69 Å². The van der Waals surface area contributed by atoms with Crippen LogP contribution in [-0.2, 0) is 6.54 Å². The second kappa shape index (κ2) is 5.51. The molecule has 0 spiro atoms. The molecule has 0 bridgehead atoms. The summed E-state index contributed by atoms with van der Waals surface area (Å²) in [5, 5.41) is 3.96. The third kappa shape index (κ3) is 2.47. The molecule has 104 valence electrons. The van der Waals surface area contributed by atoms with Crippen LogP contribution in [0.5, 0.6) is 17.2 Å². The number of hydrogen-bond donors (Lipinski definition) is 1. The Kier molecular flexibility index (Phi) is 3.56. The Morgan fingerprint density at radius 3 is 3.00 bits per heavy atom. The zero-order valence-electron chi connectivity index (χ0n) is 11.0. The largest absolute Gasteiger partial charge is 0.495 e. The monoisotopic (exact) mass is 291 g/mol. The van der Waals surface area contributed by atoms with E-state index in [1.807, 2.05) is 30.3 Å². The highest BCUT2D eigenvalue weighted by Crippen LogP contribution is 2.36. The summed E-state index contributed by atoms with van der Waals surface area (Å²) in [6.07, 6.45) is 0. The van der Waals surface area contributed by atoms with Crippen molar-refractivity contribution >= 4 is 17.3 Å². The number of hydrogen-bond acceptors (Lipinski definition) is 4. The van der Waals surface area contributed by atoms with Crippen LogP contribution in [0.1, 0.15) is 5.56 Å². The van der Waals surface area contributed by atoms with Gasteiger partial charge in [-0.05, 0) is 24.3 Å². The molecule has 0 saturated carbocycles. The number of ether oxygens (including phenoxy) is 3. The molecule has 1 N–H and O–H groups in total. The average molecular weight is 292 g/mol. The average Bonchev–Trinajstić information content (AvgIpc) is 2.94. The number of halogens is 1. The molecule has 20 heavy (non-hydrogen) atoms. The third-order valence-electron chi connectivity index (χ3n) is 3.11. The van der Waals surface area contributed by atoms with E-state index < -0.39 is 0 Å². The number of para-hydroxylation sites is 1. The first-order valence-corrected chi connectivity index (χ1v) is 6.60. The molecule has 1 aliphatic heterocycles. The lowest BCUT2D eigenvalue weighted by atomic mass is 10.2. The van der Waals surface area contributed by atoms with Crippen molar-refractivity contribution in [2.24, 2.45) is 0 Å². The van der Waals surface area contributed by atoms with Crippen LogP contribution in [0.2, 0.25) is 5.02 Å². The van der Waals surface area contributed by atoms with Crippen LogP contribution < -0.4 is 19.5 Å². The first-order valence-electron chi connectivity index (χ1n) is 6.23. The van der Waals surface area contributed by atoms with Crippen LogP contribution in [0, 0.1) is 0 Å². The number of fused-ring (bicyclic) bond motifs is 1. The zero-order valence-corrected chi connectivity index (χ0v) is 11.7. The van der Waals surface area contributed by atoms with Crippen molar-refractivity contribution in [3.8, 4) is 17.2 Å². The molecule has 2 aromatic carbocycles. The van der Waals surface area contributed by atoms with E-state index in [1.54, 1.807) is 13.2 Å². The molecule has 0 unspecified atom stereocenters. The maximum Gasteiger partial charge on any atom is 0.231 e. The van der Waals surface area contributed by atoms with E-state index in [9.17, 15) is 0 Å².